The van der Waals surface area contributed by atoms with Crippen LogP contribution in [0.1, 0.15) is 32.9 Å². The van der Waals surface area contributed by atoms with Gasteiger partial charge in [0.05, 0.1) is 18.4 Å². The van der Waals surface area contributed by atoms with Crippen LogP contribution in [0.5, 0.6) is 0 Å². The van der Waals surface area contributed by atoms with Gasteiger partial charge < -0.3 is 14.1 Å². The maximum atomic E-state index is 12.7. The van der Waals surface area contributed by atoms with E-state index in [1.807, 2.05) is 36.4 Å². The van der Waals surface area contributed by atoms with E-state index in [2.05, 4.69) is 4.74 Å². The largest absolute Gasteiger partial charge is 0.465 e. The van der Waals surface area contributed by atoms with Gasteiger partial charge in [0.25, 0.3) is 5.91 Å². The van der Waals surface area contributed by atoms with Crippen LogP contribution in [0.2, 0.25) is 0 Å². The topological polar surface area (TPSA) is 59.8 Å². The fourth-order valence-electron chi connectivity index (χ4n) is 2.43. The Labute approximate surface area is 127 Å². The summed E-state index contributed by atoms with van der Waals surface area (Å²) in [5, 5.41) is 0. The van der Waals surface area contributed by atoms with Gasteiger partial charge in [-0.2, -0.15) is 0 Å². The monoisotopic (exact) mass is 297 g/mol. The molecule has 2 heterocycles. The van der Waals surface area contributed by atoms with E-state index in [0.717, 1.165) is 17.7 Å². The first-order valence-electron chi connectivity index (χ1n) is 6.95. The van der Waals surface area contributed by atoms with Crippen molar-refractivity contribution in [1.29, 1.82) is 0 Å². The molecule has 5 nitrogen and oxygen atoms in total. The number of hydrogen-bond acceptors (Lipinski definition) is 4. The highest BCUT2D eigenvalue weighted by Gasteiger charge is 2.24. The van der Waals surface area contributed by atoms with Crippen LogP contribution < -0.4 is 4.90 Å². The van der Waals surface area contributed by atoms with Crippen molar-refractivity contribution >= 4 is 23.6 Å². The molecule has 0 unspecified atom stereocenters. The molecule has 0 saturated heterocycles. The number of esters is 1. The van der Waals surface area contributed by atoms with Gasteiger partial charge in [-0.1, -0.05) is 30.4 Å². The van der Waals surface area contributed by atoms with Crippen LogP contribution in [0.3, 0.4) is 0 Å². The molecule has 1 aliphatic rings. The number of fused-ring (bicyclic) bond motifs is 1. The van der Waals surface area contributed by atoms with Crippen LogP contribution in [0, 0.1) is 0 Å². The molecular formula is C17H15NO4. The van der Waals surface area contributed by atoms with E-state index in [1.54, 1.807) is 4.90 Å². The number of carbonyl (C=O) groups is 2. The maximum absolute atomic E-state index is 12.7. The predicted molar refractivity (Wildman–Crippen MR) is 81.8 cm³/mol. The SMILES string of the molecule is COC(=O)c1coc(C(=O)N2CCC=Cc3ccccc32)c1. The number of benzene rings is 1. The van der Waals surface area contributed by atoms with Gasteiger partial charge in [-0.15, -0.1) is 0 Å². The van der Waals surface area contributed by atoms with Crippen molar-refractivity contribution in [2.75, 3.05) is 18.6 Å². The van der Waals surface area contributed by atoms with E-state index in [1.165, 1.54) is 19.4 Å². The molecule has 1 aliphatic heterocycles. The molecule has 1 aromatic heterocycles. The van der Waals surface area contributed by atoms with Crippen LogP contribution >= 0.6 is 0 Å². The van der Waals surface area contributed by atoms with Crippen LogP contribution in [-0.4, -0.2) is 25.5 Å². The summed E-state index contributed by atoms with van der Waals surface area (Å²) in [5.74, 6) is -0.677. The molecule has 1 amide bonds. The highest BCUT2D eigenvalue weighted by molar-refractivity contribution is 6.06. The van der Waals surface area contributed by atoms with Gasteiger partial charge in [0, 0.05) is 12.6 Å². The summed E-state index contributed by atoms with van der Waals surface area (Å²) < 4.78 is 9.86. The lowest BCUT2D eigenvalue weighted by molar-refractivity contribution is 0.0600. The zero-order valence-electron chi connectivity index (χ0n) is 12.1. The number of methoxy groups -OCH3 is 1. The standard InChI is InChI=1S/C17H15NO4/c1-21-17(20)13-10-15(22-11-13)16(19)18-9-5-4-7-12-6-2-3-8-14(12)18/h2-4,6-8,10-11H,5,9H2,1H3. The summed E-state index contributed by atoms with van der Waals surface area (Å²) in [6.45, 7) is 0.556. The van der Waals surface area contributed by atoms with E-state index in [0.29, 0.717) is 6.54 Å². The fraction of sp³-hybridized carbons (Fsp3) is 0.176. The molecule has 0 bridgehead atoms. The molecule has 22 heavy (non-hydrogen) atoms. The zero-order chi connectivity index (χ0) is 15.5. The number of carbonyl (C=O) groups excluding carboxylic acids is 2. The molecule has 2 aromatic rings. The Hall–Kier alpha value is -2.82. The van der Waals surface area contributed by atoms with E-state index in [4.69, 9.17) is 4.42 Å². The highest BCUT2D eigenvalue weighted by atomic mass is 16.5. The third-order valence-electron chi connectivity index (χ3n) is 3.52. The Morgan fingerprint density at radius 2 is 2.09 bits per heavy atom. The average Bonchev–Trinajstić information content (AvgIpc) is 2.94. The maximum Gasteiger partial charge on any atom is 0.341 e. The van der Waals surface area contributed by atoms with Crippen molar-refractivity contribution < 1.29 is 18.7 Å². The zero-order valence-corrected chi connectivity index (χ0v) is 12.1. The first kappa shape index (κ1) is 14.1. The molecule has 0 saturated carbocycles. The lowest BCUT2D eigenvalue weighted by Crippen LogP contribution is -2.31. The van der Waals surface area contributed by atoms with E-state index in [-0.39, 0.29) is 17.2 Å². The Morgan fingerprint density at radius 1 is 1.27 bits per heavy atom. The summed E-state index contributed by atoms with van der Waals surface area (Å²) in [7, 11) is 1.29. The van der Waals surface area contributed by atoms with Gasteiger partial charge in [0.15, 0.2) is 5.76 Å². The number of rotatable bonds is 2. The molecule has 112 valence electrons. The Bertz CT molecular complexity index is 745. The molecule has 0 radical (unpaired) electrons. The van der Waals surface area contributed by atoms with Gasteiger partial charge >= 0.3 is 5.97 Å². The molecule has 0 N–H and O–H groups in total. The summed E-state index contributed by atoms with van der Waals surface area (Å²) in [6, 6.07) is 9.08. The molecule has 0 aliphatic carbocycles. The van der Waals surface area contributed by atoms with Crippen molar-refractivity contribution in [3.05, 3.63) is 59.6 Å². The molecule has 0 fully saturated rings. The second-order valence-electron chi connectivity index (χ2n) is 4.90. The van der Waals surface area contributed by atoms with Gasteiger partial charge in [0.2, 0.25) is 0 Å². The predicted octanol–water partition coefficient (Wildman–Crippen LogP) is 3.13. The second-order valence-corrected chi connectivity index (χ2v) is 4.90. The van der Waals surface area contributed by atoms with Crippen molar-refractivity contribution in [1.82, 2.24) is 0 Å². The normalized spacial score (nSPS) is 13.4. The average molecular weight is 297 g/mol. The highest BCUT2D eigenvalue weighted by Crippen LogP contribution is 2.27. The molecular weight excluding hydrogens is 282 g/mol. The van der Waals surface area contributed by atoms with Crippen molar-refractivity contribution in [3.8, 4) is 0 Å². The van der Waals surface area contributed by atoms with E-state index < -0.39 is 5.97 Å². The number of para-hydroxylation sites is 1. The molecule has 5 heteroatoms. The minimum atomic E-state index is -0.527. The summed E-state index contributed by atoms with van der Waals surface area (Å²) >= 11 is 0. The van der Waals surface area contributed by atoms with Gasteiger partial charge in [0.1, 0.15) is 6.26 Å². The third-order valence-corrected chi connectivity index (χ3v) is 3.52. The summed E-state index contributed by atoms with van der Waals surface area (Å²) in [6.07, 6.45) is 6.03. The van der Waals surface area contributed by atoms with Crippen molar-refractivity contribution in [2.45, 2.75) is 6.42 Å². The number of anilines is 1. The first-order valence-corrected chi connectivity index (χ1v) is 6.95. The van der Waals surface area contributed by atoms with Crippen molar-refractivity contribution in [2.24, 2.45) is 0 Å². The minimum absolute atomic E-state index is 0.122. The summed E-state index contributed by atoms with van der Waals surface area (Å²) in [4.78, 5) is 25.8. The van der Waals surface area contributed by atoms with Crippen LogP contribution in [0.4, 0.5) is 5.69 Å². The Morgan fingerprint density at radius 3 is 2.91 bits per heavy atom. The Kier molecular flexibility index (Phi) is 3.78. The van der Waals surface area contributed by atoms with E-state index >= 15 is 0 Å². The molecule has 0 atom stereocenters. The minimum Gasteiger partial charge on any atom is -0.465 e. The van der Waals surface area contributed by atoms with E-state index in [9.17, 15) is 9.59 Å². The number of amides is 1. The molecule has 0 spiro atoms. The van der Waals surface area contributed by atoms with Crippen molar-refractivity contribution in [3.63, 3.8) is 0 Å². The van der Waals surface area contributed by atoms with Gasteiger partial charge in [-0.05, 0) is 18.1 Å². The Balaban J connectivity index is 1.93. The third kappa shape index (κ3) is 2.53. The van der Waals surface area contributed by atoms with Gasteiger partial charge in [-0.3, -0.25) is 4.79 Å². The second kappa shape index (κ2) is 5.89. The number of ether oxygens (including phenoxy) is 1. The van der Waals surface area contributed by atoms with Crippen LogP contribution in [0.25, 0.3) is 6.08 Å². The fourth-order valence-corrected chi connectivity index (χ4v) is 2.43. The molecule has 1 aromatic carbocycles. The lowest BCUT2D eigenvalue weighted by Gasteiger charge is -2.21. The molecule has 3 rings (SSSR count). The smallest absolute Gasteiger partial charge is 0.341 e. The lowest BCUT2D eigenvalue weighted by atomic mass is 10.1. The first-order chi connectivity index (χ1) is 10.7. The summed E-state index contributed by atoms with van der Waals surface area (Å²) in [5.41, 5.74) is 2.04. The van der Waals surface area contributed by atoms with Crippen LogP contribution in [-0.2, 0) is 4.74 Å². The van der Waals surface area contributed by atoms with Crippen LogP contribution in [0.15, 0.2) is 47.1 Å². The van der Waals surface area contributed by atoms with Gasteiger partial charge in [-0.25, -0.2) is 4.79 Å². The number of furan rings is 1. The quantitative estimate of drug-likeness (QED) is 0.799. The number of hydrogen-bond donors (Lipinski definition) is 0. The number of nitrogens with zero attached hydrogens (tertiary/aromatic N) is 1.